The van der Waals surface area contributed by atoms with Crippen molar-refractivity contribution in [1.29, 1.82) is 0 Å². The maximum Gasteiger partial charge on any atom is 0.416 e. The molecular weight excluding hydrogens is 461 g/mol. The Morgan fingerprint density at radius 2 is 1.71 bits per heavy atom. The Balaban J connectivity index is 1.53. The van der Waals surface area contributed by atoms with E-state index in [0.29, 0.717) is 17.4 Å². The number of rotatable bonds is 5. The van der Waals surface area contributed by atoms with Gasteiger partial charge in [0, 0.05) is 16.9 Å². The second-order valence-corrected chi connectivity index (χ2v) is 9.40. The third-order valence-electron chi connectivity index (χ3n) is 5.61. The molecule has 1 saturated heterocycles. The highest BCUT2D eigenvalue weighted by molar-refractivity contribution is 8.00. The van der Waals surface area contributed by atoms with Gasteiger partial charge in [-0.3, -0.25) is 14.5 Å². The maximum atomic E-state index is 12.8. The molecule has 4 nitrogen and oxygen atoms in total. The molecule has 0 spiro atoms. The summed E-state index contributed by atoms with van der Waals surface area (Å²) >= 11 is 1.50. The lowest BCUT2D eigenvalue weighted by Gasteiger charge is -2.25. The summed E-state index contributed by atoms with van der Waals surface area (Å²) in [6, 6.07) is 19.2. The predicted molar refractivity (Wildman–Crippen MR) is 129 cm³/mol. The van der Waals surface area contributed by atoms with Crippen LogP contribution in [-0.4, -0.2) is 17.6 Å². The molecular formula is C26H23F3N2O2S. The van der Waals surface area contributed by atoms with E-state index in [0.717, 1.165) is 35.5 Å². The van der Waals surface area contributed by atoms with E-state index in [1.807, 2.05) is 30.3 Å². The van der Waals surface area contributed by atoms with Crippen LogP contribution < -0.4 is 10.2 Å². The van der Waals surface area contributed by atoms with Gasteiger partial charge in [-0.15, -0.1) is 11.8 Å². The van der Waals surface area contributed by atoms with Crippen molar-refractivity contribution in [2.75, 3.05) is 16.0 Å². The molecule has 1 heterocycles. The Hall–Kier alpha value is -3.26. The van der Waals surface area contributed by atoms with E-state index in [-0.39, 0.29) is 16.8 Å². The average molecular weight is 485 g/mol. The molecule has 0 unspecified atom stereocenters. The van der Waals surface area contributed by atoms with Gasteiger partial charge in [-0.05, 0) is 65.6 Å². The lowest BCUT2D eigenvalue weighted by atomic mass is 10.0. The van der Waals surface area contributed by atoms with E-state index in [9.17, 15) is 22.8 Å². The summed E-state index contributed by atoms with van der Waals surface area (Å²) in [7, 11) is 0. The minimum atomic E-state index is -4.46. The van der Waals surface area contributed by atoms with Crippen LogP contribution in [0.25, 0.3) is 0 Å². The summed E-state index contributed by atoms with van der Waals surface area (Å²) in [6.07, 6.45) is -4.46. The van der Waals surface area contributed by atoms with Crippen LogP contribution in [0.2, 0.25) is 0 Å². The molecule has 4 rings (SSSR count). The van der Waals surface area contributed by atoms with E-state index in [1.165, 1.54) is 17.3 Å². The van der Waals surface area contributed by atoms with Crippen LogP contribution in [0.15, 0.2) is 72.8 Å². The maximum absolute atomic E-state index is 12.8. The number of benzene rings is 3. The molecule has 0 bridgehead atoms. The number of anilines is 2. The van der Waals surface area contributed by atoms with Crippen LogP contribution in [0.4, 0.5) is 24.5 Å². The monoisotopic (exact) mass is 484 g/mol. The zero-order valence-electron chi connectivity index (χ0n) is 18.6. The fraction of sp³-hybridized carbons (Fsp3) is 0.231. The predicted octanol–water partition coefficient (Wildman–Crippen LogP) is 6.86. The molecule has 34 heavy (non-hydrogen) atoms. The van der Waals surface area contributed by atoms with E-state index < -0.39 is 17.6 Å². The first-order valence-corrected chi connectivity index (χ1v) is 11.8. The number of hydrogen-bond acceptors (Lipinski definition) is 3. The average Bonchev–Trinajstić information content (AvgIpc) is 3.20. The molecule has 8 heteroatoms. The highest BCUT2D eigenvalue weighted by Gasteiger charge is 2.34. The first kappa shape index (κ1) is 23.9. The molecule has 1 aliphatic rings. The van der Waals surface area contributed by atoms with Gasteiger partial charge >= 0.3 is 6.18 Å². The second-order valence-electron chi connectivity index (χ2n) is 8.33. The topological polar surface area (TPSA) is 49.4 Å². The molecule has 3 aromatic rings. The Bertz CT molecular complexity index is 1190. The fourth-order valence-corrected chi connectivity index (χ4v) is 4.92. The minimum Gasteiger partial charge on any atom is -0.322 e. The van der Waals surface area contributed by atoms with E-state index in [1.54, 1.807) is 23.1 Å². The third kappa shape index (κ3) is 5.12. The number of nitrogens with zero attached hydrogens (tertiary/aromatic N) is 1. The van der Waals surface area contributed by atoms with Gasteiger partial charge in [0.1, 0.15) is 5.37 Å². The Morgan fingerprint density at radius 1 is 1.03 bits per heavy atom. The van der Waals surface area contributed by atoms with Crippen molar-refractivity contribution >= 4 is 35.0 Å². The standard InChI is InChI=1S/C26H23F3N2O2S/c1-16(2)17-8-12-22(13-9-17)31-23(32)15-34-25(31)19-4-3-5-21(14-19)30-24(33)18-6-10-20(11-7-18)26(27,28)29/h3-14,16,25H,15H2,1-2H3,(H,30,33)/t25-/m1/s1. The van der Waals surface area contributed by atoms with Crippen molar-refractivity contribution in [2.45, 2.75) is 31.3 Å². The molecule has 1 atom stereocenters. The van der Waals surface area contributed by atoms with Crippen molar-refractivity contribution in [1.82, 2.24) is 0 Å². The first-order valence-electron chi connectivity index (χ1n) is 10.8. The molecule has 2 amide bonds. The van der Waals surface area contributed by atoms with Crippen LogP contribution in [0, 0.1) is 0 Å². The number of carbonyl (C=O) groups excluding carboxylic acids is 2. The van der Waals surface area contributed by atoms with Crippen LogP contribution in [-0.2, 0) is 11.0 Å². The summed E-state index contributed by atoms with van der Waals surface area (Å²) in [6.45, 7) is 4.22. The SMILES string of the molecule is CC(C)c1ccc(N2C(=O)CS[C@@H]2c2cccc(NC(=O)c3ccc(C(F)(F)F)cc3)c2)cc1. The fourth-order valence-electron chi connectivity index (χ4n) is 3.75. The van der Waals surface area contributed by atoms with Crippen LogP contribution in [0.5, 0.6) is 0 Å². The molecule has 1 aliphatic heterocycles. The number of hydrogen-bond donors (Lipinski definition) is 1. The zero-order valence-corrected chi connectivity index (χ0v) is 19.4. The van der Waals surface area contributed by atoms with Crippen molar-refractivity contribution in [3.63, 3.8) is 0 Å². The number of nitrogens with one attached hydrogen (secondary N) is 1. The molecule has 0 aromatic heterocycles. The van der Waals surface area contributed by atoms with Crippen LogP contribution in [0.1, 0.15) is 52.2 Å². The lowest BCUT2D eigenvalue weighted by Crippen LogP contribution is -2.27. The van der Waals surface area contributed by atoms with Gasteiger partial charge in [0.25, 0.3) is 5.91 Å². The first-order chi connectivity index (χ1) is 16.1. The van der Waals surface area contributed by atoms with Crippen molar-refractivity contribution in [2.24, 2.45) is 0 Å². The normalized spacial score (nSPS) is 16.2. The smallest absolute Gasteiger partial charge is 0.322 e. The third-order valence-corrected chi connectivity index (χ3v) is 6.82. The summed E-state index contributed by atoms with van der Waals surface area (Å²) in [5, 5.41) is 2.48. The Kier molecular flexibility index (Phi) is 6.70. The van der Waals surface area contributed by atoms with Gasteiger partial charge in [-0.1, -0.05) is 38.1 Å². The van der Waals surface area contributed by atoms with Gasteiger partial charge in [0.15, 0.2) is 0 Å². The molecule has 0 saturated carbocycles. The number of carbonyl (C=O) groups is 2. The van der Waals surface area contributed by atoms with Gasteiger partial charge < -0.3 is 5.32 Å². The van der Waals surface area contributed by atoms with Gasteiger partial charge in [-0.25, -0.2) is 0 Å². The second kappa shape index (κ2) is 9.54. The zero-order chi connectivity index (χ0) is 24.5. The van der Waals surface area contributed by atoms with Crippen molar-refractivity contribution in [3.8, 4) is 0 Å². The molecule has 0 aliphatic carbocycles. The summed E-state index contributed by atoms with van der Waals surface area (Å²) in [4.78, 5) is 27.0. The van der Waals surface area contributed by atoms with Gasteiger partial charge in [0.05, 0.1) is 11.3 Å². The Labute approximate surface area is 200 Å². The number of alkyl halides is 3. The van der Waals surface area contributed by atoms with Crippen molar-refractivity contribution in [3.05, 3.63) is 95.1 Å². The minimum absolute atomic E-state index is 0.00601. The van der Waals surface area contributed by atoms with E-state index >= 15 is 0 Å². The summed E-state index contributed by atoms with van der Waals surface area (Å²) in [5.41, 5.74) is 2.65. The van der Waals surface area contributed by atoms with Crippen LogP contribution in [0.3, 0.4) is 0 Å². The highest BCUT2D eigenvalue weighted by Crippen LogP contribution is 2.42. The summed E-state index contributed by atoms with van der Waals surface area (Å²) in [5.74, 6) is 0.228. The van der Waals surface area contributed by atoms with E-state index in [2.05, 4.69) is 19.2 Å². The number of thioether (sulfide) groups is 1. The lowest BCUT2D eigenvalue weighted by molar-refractivity contribution is -0.137. The Morgan fingerprint density at radius 3 is 2.32 bits per heavy atom. The molecule has 0 radical (unpaired) electrons. The largest absolute Gasteiger partial charge is 0.416 e. The highest BCUT2D eigenvalue weighted by atomic mass is 32.2. The van der Waals surface area contributed by atoms with Gasteiger partial charge in [-0.2, -0.15) is 13.2 Å². The molecule has 1 N–H and O–H groups in total. The molecule has 1 fully saturated rings. The van der Waals surface area contributed by atoms with E-state index in [4.69, 9.17) is 0 Å². The summed E-state index contributed by atoms with van der Waals surface area (Å²) < 4.78 is 38.3. The number of halogens is 3. The molecule has 176 valence electrons. The van der Waals surface area contributed by atoms with Gasteiger partial charge in [0.2, 0.25) is 5.91 Å². The van der Waals surface area contributed by atoms with Crippen LogP contribution >= 0.6 is 11.8 Å². The molecule has 3 aromatic carbocycles. The number of amides is 2. The quantitative estimate of drug-likeness (QED) is 0.430. The van der Waals surface area contributed by atoms with Crippen molar-refractivity contribution < 1.29 is 22.8 Å².